The molecule has 7 heteroatoms. The summed E-state index contributed by atoms with van der Waals surface area (Å²) in [6.45, 7) is 0.461. The molecule has 6 nitrogen and oxygen atoms in total. The zero-order chi connectivity index (χ0) is 17.6. The van der Waals surface area contributed by atoms with Gasteiger partial charge in [-0.3, -0.25) is 14.3 Å². The van der Waals surface area contributed by atoms with Crippen molar-refractivity contribution in [1.29, 1.82) is 0 Å². The van der Waals surface area contributed by atoms with Gasteiger partial charge in [-0.15, -0.1) is 11.3 Å². The summed E-state index contributed by atoms with van der Waals surface area (Å²) in [5.74, 6) is 0.0644. The van der Waals surface area contributed by atoms with E-state index in [1.165, 1.54) is 4.68 Å². The van der Waals surface area contributed by atoms with Crippen LogP contribution in [0.25, 0.3) is 0 Å². The van der Waals surface area contributed by atoms with Crippen LogP contribution in [0.5, 0.6) is 0 Å². The largest absolute Gasteiger partial charge is 0.346 e. The molecule has 2 amide bonds. The normalized spacial score (nSPS) is 10.4. The summed E-state index contributed by atoms with van der Waals surface area (Å²) in [6, 6.07) is 15.0. The summed E-state index contributed by atoms with van der Waals surface area (Å²) in [5.41, 5.74) is 1.20. The molecule has 2 aromatic heterocycles. The predicted octanol–water partition coefficient (Wildman–Crippen LogP) is 2.59. The Hall–Kier alpha value is -2.93. The first kappa shape index (κ1) is 16.9. The second kappa shape index (κ2) is 7.76. The van der Waals surface area contributed by atoms with E-state index >= 15 is 0 Å². The summed E-state index contributed by atoms with van der Waals surface area (Å²) in [7, 11) is 1.69. The fraction of sp³-hybridized carbons (Fsp3) is 0.167. The fourth-order valence-electron chi connectivity index (χ4n) is 2.33. The number of amides is 2. The Morgan fingerprint density at radius 3 is 2.68 bits per heavy atom. The predicted molar refractivity (Wildman–Crippen MR) is 97.5 cm³/mol. The second-order valence-corrected chi connectivity index (χ2v) is 6.54. The van der Waals surface area contributed by atoms with Gasteiger partial charge in [0.15, 0.2) is 5.69 Å². The number of carbonyl (C=O) groups is 2. The van der Waals surface area contributed by atoms with E-state index in [-0.39, 0.29) is 23.9 Å². The van der Waals surface area contributed by atoms with Crippen LogP contribution in [0, 0.1) is 0 Å². The Balaban J connectivity index is 1.59. The molecule has 0 saturated heterocycles. The molecule has 0 aliphatic carbocycles. The molecule has 128 valence electrons. The van der Waals surface area contributed by atoms with E-state index in [2.05, 4.69) is 15.7 Å². The van der Waals surface area contributed by atoms with E-state index in [1.54, 1.807) is 24.5 Å². The smallest absolute Gasteiger partial charge is 0.272 e. The molecule has 0 spiro atoms. The molecule has 2 heterocycles. The van der Waals surface area contributed by atoms with Gasteiger partial charge in [0.05, 0.1) is 13.0 Å². The quantitative estimate of drug-likeness (QED) is 0.714. The minimum absolute atomic E-state index is 0.153. The number of hydrogen-bond acceptors (Lipinski definition) is 4. The third-order valence-electron chi connectivity index (χ3n) is 3.59. The van der Waals surface area contributed by atoms with Crippen molar-refractivity contribution in [2.75, 3.05) is 5.32 Å². The highest BCUT2D eigenvalue weighted by Crippen LogP contribution is 2.12. The van der Waals surface area contributed by atoms with Gasteiger partial charge in [0, 0.05) is 18.0 Å². The van der Waals surface area contributed by atoms with Crippen LogP contribution in [0.15, 0.2) is 53.9 Å². The fourth-order valence-corrected chi connectivity index (χ4v) is 2.98. The zero-order valence-corrected chi connectivity index (χ0v) is 14.5. The summed E-state index contributed by atoms with van der Waals surface area (Å²) in [6.07, 6.45) is 0.270. The van der Waals surface area contributed by atoms with Crippen molar-refractivity contribution >= 4 is 29.0 Å². The molecule has 0 bridgehead atoms. The van der Waals surface area contributed by atoms with Crippen molar-refractivity contribution in [1.82, 2.24) is 15.1 Å². The van der Waals surface area contributed by atoms with E-state index in [4.69, 9.17) is 0 Å². The first-order valence-corrected chi connectivity index (χ1v) is 8.68. The second-order valence-electron chi connectivity index (χ2n) is 5.51. The van der Waals surface area contributed by atoms with E-state index in [0.29, 0.717) is 12.4 Å². The Morgan fingerprint density at radius 1 is 1.16 bits per heavy atom. The van der Waals surface area contributed by atoms with Crippen LogP contribution in [0.4, 0.5) is 5.82 Å². The Kier molecular flexibility index (Phi) is 5.25. The maximum Gasteiger partial charge on any atom is 0.272 e. The molecule has 3 aromatic rings. The topological polar surface area (TPSA) is 76.0 Å². The van der Waals surface area contributed by atoms with Gasteiger partial charge in [-0.1, -0.05) is 36.4 Å². The van der Waals surface area contributed by atoms with Gasteiger partial charge in [0.2, 0.25) is 5.91 Å². The van der Waals surface area contributed by atoms with Gasteiger partial charge < -0.3 is 10.6 Å². The first-order valence-electron chi connectivity index (χ1n) is 7.80. The number of nitrogens with one attached hydrogen (secondary N) is 2. The van der Waals surface area contributed by atoms with Crippen molar-refractivity contribution in [2.24, 2.45) is 7.05 Å². The van der Waals surface area contributed by atoms with Crippen LogP contribution in [-0.2, 0) is 24.8 Å². The summed E-state index contributed by atoms with van der Waals surface area (Å²) in [4.78, 5) is 25.4. The molecule has 2 N–H and O–H groups in total. The highest BCUT2D eigenvalue weighted by atomic mass is 32.1. The lowest BCUT2D eigenvalue weighted by Gasteiger charge is -2.04. The van der Waals surface area contributed by atoms with Crippen molar-refractivity contribution in [3.63, 3.8) is 0 Å². The van der Waals surface area contributed by atoms with Crippen molar-refractivity contribution in [2.45, 2.75) is 13.0 Å². The minimum atomic E-state index is -0.271. The molecule has 1 aromatic carbocycles. The van der Waals surface area contributed by atoms with Crippen molar-refractivity contribution in [3.8, 4) is 0 Å². The van der Waals surface area contributed by atoms with Crippen LogP contribution in [0.2, 0.25) is 0 Å². The minimum Gasteiger partial charge on any atom is -0.346 e. The highest BCUT2D eigenvalue weighted by Gasteiger charge is 2.14. The van der Waals surface area contributed by atoms with Crippen molar-refractivity contribution < 1.29 is 9.59 Å². The third-order valence-corrected chi connectivity index (χ3v) is 4.47. The Bertz CT molecular complexity index is 857. The number of aryl methyl sites for hydroxylation is 1. The van der Waals surface area contributed by atoms with E-state index in [9.17, 15) is 9.59 Å². The molecule has 0 unspecified atom stereocenters. The molecular weight excluding hydrogens is 336 g/mol. The Morgan fingerprint density at radius 2 is 1.96 bits per heavy atom. The molecule has 0 saturated carbocycles. The molecule has 0 aliphatic rings. The van der Waals surface area contributed by atoms with Crippen molar-refractivity contribution in [3.05, 3.63) is 70.0 Å². The van der Waals surface area contributed by atoms with E-state index in [1.807, 2.05) is 47.8 Å². The lowest BCUT2D eigenvalue weighted by atomic mass is 10.1. The van der Waals surface area contributed by atoms with Gasteiger partial charge in [-0.05, 0) is 17.0 Å². The number of carbonyl (C=O) groups excluding carboxylic acids is 2. The molecule has 0 aliphatic heterocycles. The van der Waals surface area contributed by atoms with Gasteiger partial charge in [-0.2, -0.15) is 5.10 Å². The zero-order valence-electron chi connectivity index (χ0n) is 13.7. The highest BCUT2D eigenvalue weighted by molar-refractivity contribution is 7.09. The monoisotopic (exact) mass is 354 g/mol. The third kappa shape index (κ3) is 4.54. The molecular formula is C18H18N4O2S. The first-order chi connectivity index (χ1) is 12.1. The summed E-state index contributed by atoms with van der Waals surface area (Å²) < 4.78 is 1.49. The SMILES string of the molecule is Cn1nc(C(=O)NCc2cccs2)cc1NC(=O)Cc1ccccc1. The molecule has 3 rings (SSSR count). The van der Waals surface area contributed by atoms with Crippen LogP contribution >= 0.6 is 11.3 Å². The van der Waals surface area contributed by atoms with Crippen LogP contribution in [0.1, 0.15) is 20.9 Å². The van der Waals surface area contributed by atoms with Gasteiger partial charge in [0.1, 0.15) is 5.82 Å². The molecule has 0 radical (unpaired) electrons. The lowest BCUT2D eigenvalue weighted by molar-refractivity contribution is -0.115. The summed E-state index contributed by atoms with van der Waals surface area (Å²) in [5, 5.41) is 11.7. The van der Waals surface area contributed by atoms with E-state index in [0.717, 1.165) is 10.4 Å². The average molecular weight is 354 g/mol. The molecule has 25 heavy (non-hydrogen) atoms. The molecule has 0 atom stereocenters. The number of anilines is 1. The number of nitrogens with zero attached hydrogens (tertiary/aromatic N) is 2. The standard InChI is InChI=1S/C18H18N4O2S/c1-22-16(20-17(23)10-13-6-3-2-4-7-13)11-15(21-22)18(24)19-12-14-8-5-9-25-14/h2-9,11H,10,12H2,1H3,(H,19,24)(H,20,23). The number of rotatable bonds is 6. The van der Waals surface area contributed by atoms with Crippen LogP contribution < -0.4 is 10.6 Å². The number of thiophene rings is 1. The average Bonchev–Trinajstić information content (AvgIpc) is 3.24. The summed E-state index contributed by atoms with van der Waals surface area (Å²) >= 11 is 1.58. The van der Waals surface area contributed by atoms with Crippen LogP contribution in [-0.4, -0.2) is 21.6 Å². The number of benzene rings is 1. The number of aromatic nitrogens is 2. The Labute approximate surface area is 149 Å². The van der Waals surface area contributed by atoms with Gasteiger partial charge >= 0.3 is 0 Å². The van der Waals surface area contributed by atoms with Gasteiger partial charge in [-0.25, -0.2) is 0 Å². The number of hydrogen-bond donors (Lipinski definition) is 2. The maximum atomic E-state index is 12.2. The lowest BCUT2D eigenvalue weighted by Crippen LogP contribution is -2.22. The van der Waals surface area contributed by atoms with E-state index < -0.39 is 0 Å². The maximum absolute atomic E-state index is 12.2. The van der Waals surface area contributed by atoms with Gasteiger partial charge in [0.25, 0.3) is 5.91 Å². The van der Waals surface area contributed by atoms with Crippen LogP contribution in [0.3, 0.4) is 0 Å². The molecule has 0 fully saturated rings.